The molecule has 1 unspecified atom stereocenters. The van der Waals surface area contributed by atoms with Crippen LogP contribution < -0.4 is 11.3 Å². The minimum atomic E-state index is 0.281. The Bertz CT molecular complexity index is 470. The molecule has 2 nitrogen and oxygen atoms in total. The maximum atomic E-state index is 5.98. The predicted molar refractivity (Wildman–Crippen MR) is 78.9 cm³/mol. The van der Waals surface area contributed by atoms with Gasteiger partial charge in [-0.3, -0.25) is 11.3 Å². The highest BCUT2D eigenvalue weighted by Gasteiger charge is 2.08. The first-order valence-corrected chi connectivity index (χ1v) is 7.31. The van der Waals surface area contributed by atoms with Crippen molar-refractivity contribution in [3.05, 3.63) is 57.2 Å². The first kappa shape index (κ1) is 13.6. The molecule has 0 bridgehead atoms. The minimum Gasteiger partial charge on any atom is -0.271 e. The van der Waals surface area contributed by atoms with E-state index in [0.29, 0.717) is 0 Å². The van der Waals surface area contributed by atoms with Gasteiger partial charge in [-0.05, 0) is 59.3 Å². The first-order valence-electron chi connectivity index (χ1n) is 5.99. The topological polar surface area (TPSA) is 38.0 Å². The maximum absolute atomic E-state index is 5.98. The summed E-state index contributed by atoms with van der Waals surface area (Å²) in [4.78, 5) is 0. The molecule has 3 N–H and O–H groups in total. The Hall–Kier alpha value is -0.870. The second kappa shape index (κ2) is 6.90. The number of hydrazine groups is 1. The van der Waals surface area contributed by atoms with Crippen molar-refractivity contribution < 1.29 is 0 Å². The van der Waals surface area contributed by atoms with E-state index in [9.17, 15) is 0 Å². The van der Waals surface area contributed by atoms with E-state index < -0.39 is 0 Å². The van der Waals surface area contributed by atoms with Gasteiger partial charge >= 0.3 is 0 Å². The van der Waals surface area contributed by atoms with Crippen molar-refractivity contribution in [1.29, 1.82) is 0 Å². The molecule has 0 aliphatic heterocycles. The van der Waals surface area contributed by atoms with Crippen molar-refractivity contribution in [2.75, 3.05) is 0 Å². The molecule has 18 heavy (non-hydrogen) atoms. The lowest BCUT2D eigenvalue weighted by molar-refractivity contribution is 0.491. The lowest BCUT2D eigenvalue weighted by Crippen LogP contribution is -2.37. The highest BCUT2D eigenvalue weighted by atomic mass is 35.5. The second-order valence-electron chi connectivity index (χ2n) is 4.37. The average Bonchev–Trinajstić information content (AvgIpc) is 2.87. The van der Waals surface area contributed by atoms with E-state index >= 15 is 0 Å². The zero-order chi connectivity index (χ0) is 12.8. The SMILES string of the molecule is NNC(CCc1ccsc1)Cc1cccc(Cl)c1. The number of rotatable bonds is 6. The van der Waals surface area contributed by atoms with Crippen molar-refractivity contribution in [2.45, 2.75) is 25.3 Å². The average molecular weight is 281 g/mol. The Morgan fingerprint density at radius 3 is 2.83 bits per heavy atom. The van der Waals surface area contributed by atoms with Gasteiger partial charge in [-0.2, -0.15) is 11.3 Å². The predicted octanol–water partition coefficient (Wildman–Crippen LogP) is 3.41. The molecule has 0 amide bonds. The zero-order valence-electron chi connectivity index (χ0n) is 10.1. The van der Waals surface area contributed by atoms with Crippen molar-refractivity contribution in [1.82, 2.24) is 5.43 Å². The third-order valence-corrected chi connectivity index (χ3v) is 3.94. The number of aryl methyl sites for hydroxylation is 1. The van der Waals surface area contributed by atoms with E-state index in [2.05, 4.69) is 28.3 Å². The van der Waals surface area contributed by atoms with E-state index in [4.69, 9.17) is 17.4 Å². The van der Waals surface area contributed by atoms with Crippen LogP contribution in [0.2, 0.25) is 5.02 Å². The largest absolute Gasteiger partial charge is 0.271 e. The van der Waals surface area contributed by atoms with Gasteiger partial charge in [0.15, 0.2) is 0 Å². The van der Waals surface area contributed by atoms with Crippen LogP contribution in [0, 0.1) is 0 Å². The molecule has 0 radical (unpaired) electrons. The third kappa shape index (κ3) is 4.10. The molecule has 0 aliphatic rings. The molecule has 4 heteroatoms. The minimum absolute atomic E-state index is 0.281. The molecule has 1 atom stereocenters. The zero-order valence-corrected chi connectivity index (χ0v) is 11.7. The summed E-state index contributed by atoms with van der Waals surface area (Å²) in [6.45, 7) is 0. The molecule has 0 fully saturated rings. The Morgan fingerprint density at radius 1 is 1.28 bits per heavy atom. The number of nitrogens with one attached hydrogen (secondary N) is 1. The Balaban J connectivity index is 1.89. The molecule has 96 valence electrons. The summed E-state index contributed by atoms with van der Waals surface area (Å²) in [7, 11) is 0. The molecule has 1 aromatic heterocycles. The van der Waals surface area contributed by atoms with E-state index in [1.165, 1.54) is 11.1 Å². The summed E-state index contributed by atoms with van der Waals surface area (Å²) in [5.41, 5.74) is 5.49. The van der Waals surface area contributed by atoms with Gasteiger partial charge in [0, 0.05) is 11.1 Å². The Kier molecular flexibility index (Phi) is 5.20. The molecule has 2 aromatic rings. The monoisotopic (exact) mass is 280 g/mol. The number of hydrogen-bond acceptors (Lipinski definition) is 3. The van der Waals surface area contributed by atoms with Gasteiger partial charge in [-0.1, -0.05) is 23.7 Å². The first-order chi connectivity index (χ1) is 8.78. The van der Waals surface area contributed by atoms with Gasteiger partial charge in [-0.25, -0.2) is 0 Å². The van der Waals surface area contributed by atoms with Crippen molar-refractivity contribution in [3.63, 3.8) is 0 Å². The quantitative estimate of drug-likeness (QED) is 0.629. The smallest absolute Gasteiger partial charge is 0.0408 e. The molecular weight excluding hydrogens is 264 g/mol. The maximum Gasteiger partial charge on any atom is 0.0408 e. The highest BCUT2D eigenvalue weighted by Crippen LogP contribution is 2.15. The van der Waals surface area contributed by atoms with E-state index in [1.807, 2.05) is 18.2 Å². The van der Waals surface area contributed by atoms with Crippen LogP contribution >= 0.6 is 22.9 Å². The van der Waals surface area contributed by atoms with Crippen LogP contribution in [0.25, 0.3) is 0 Å². The molecule has 1 aromatic carbocycles. The van der Waals surface area contributed by atoms with E-state index in [-0.39, 0.29) is 6.04 Å². The Labute approximate surface area is 117 Å². The van der Waals surface area contributed by atoms with Gasteiger partial charge < -0.3 is 0 Å². The van der Waals surface area contributed by atoms with Crippen LogP contribution in [0.1, 0.15) is 17.5 Å². The summed E-state index contributed by atoms with van der Waals surface area (Å²) in [6, 6.07) is 10.4. The summed E-state index contributed by atoms with van der Waals surface area (Å²) in [6.07, 6.45) is 2.99. The molecule has 0 saturated heterocycles. The van der Waals surface area contributed by atoms with E-state index in [1.54, 1.807) is 11.3 Å². The van der Waals surface area contributed by atoms with Crippen LogP contribution in [0.15, 0.2) is 41.1 Å². The van der Waals surface area contributed by atoms with Crippen molar-refractivity contribution in [2.24, 2.45) is 5.84 Å². The summed E-state index contributed by atoms with van der Waals surface area (Å²) in [5.74, 6) is 5.62. The molecule has 0 spiro atoms. The lowest BCUT2D eigenvalue weighted by Gasteiger charge is -2.15. The molecule has 0 aliphatic carbocycles. The van der Waals surface area contributed by atoms with Gasteiger partial charge in [0.05, 0.1) is 0 Å². The Morgan fingerprint density at radius 2 is 2.17 bits per heavy atom. The fraction of sp³-hybridized carbons (Fsp3) is 0.286. The van der Waals surface area contributed by atoms with Gasteiger partial charge in [0.25, 0.3) is 0 Å². The van der Waals surface area contributed by atoms with Crippen molar-refractivity contribution >= 4 is 22.9 Å². The van der Waals surface area contributed by atoms with Crippen LogP contribution in [0.4, 0.5) is 0 Å². The number of thiophene rings is 1. The fourth-order valence-corrected chi connectivity index (χ4v) is 2.88. The number of hydrogen-bond donors (Lipinski definition) is 2. The normalized spacial score (nSPS) is 12.6. The van der Waals surface area contributed by atoms with Crippen molar-refractivity contribution in [3.8, 4) is 0 Å². The van der Waals surface area contributed by atoms with Gasteiger partial charge in [0.2, 0.25) is 0 Å². The van der Waals surface area contributed by atoms with E-state index in [0.717, 1.165) is 24.3 Å². The number of nitrogens with two attached hydrogens (primary N) is 1. The fourth-order valence-electron chi connectivity index (χ4n) is 1.97. The van der Waals surface area contributed by atoms with Crippen LogP contribution in [-0.4, -0.2) is 6.04 Å². The van der Waals surface area contributed by atoms with Gasteiger partial charge in [-0.15, -0.1) is 0 Å². The summed E-state index contributed by atoms with van der Waals surface area (Å²) < 4.78 is 0. The summed E-state index contributed by atoms with van der Waals surface area (Å²) >= 11 is 7.72. The van der Waals surface area contributed by atoms with Crippen LogP contribution in [0.5, 0.6) is 0 Å². The van der Waals surface area contributed by atoms with Crippen LogP contribution in [-0.2, 0) is 12.8 Å². The van der Waals surface area contributed by atoms with Crippen LogP contribution in [0.3, 0.4) is 0 Å². The lowest BCUT2D eigenvalue weighted by atomic mass is 10.0. The standard InChI is InChI=1S/C14H17ClN2S/c15-13-3-1-2-12(8-13)9-14(17-16)5-4-11-6-7-18-10-11/h1-3,6-8,10,14,17H,4-5,9,16H2. The third-order valence-electron chi connectivity index (χ3n) is 2.97. The second-order valence-corrected chi connectivity index (χ2v) is 5.58. The number of benzene rings is 1. The molecule has 1 heterocycles. The number of halogens is 1. The van der Waals surface area contributed by atoms with Gasteiger partial charge in [0.1, 0.15) is 0 Å². The molecule has 2 rings (SSSR count). The summed E-state index contributed by atoms with van der Waals surface area (Å²) in [5, 5.41) is 5.07. The highest BCUT2D eigenvalue weighted by molar-refractivity contribution is 7.07. The molecular formula is C14H17ClN2S. The molecule has 0 saturated carbocycles.